The van der Waals surface area contributed by atoms with Gasteiger partial charge in [-0.25, -0.2) is 14.5 Å². The van der Waals surface area contributed by atoms with Gasteiger partial charge in [0.05, 0.1) is 0 Å². The second-order valence-electron chi connectivity index (χ2n) is 19.2. The standard InChI is InChI=1S/C37H69N3O2S.C2H6/c1-12-27-14-32(3,4)21-35(9,17-27)24-38-30(41)40(26-37(11)19-29(20-43)16-34(7,8)23-37)31(42)39-25-36(10)18-28(13-2)15-33(5,6)22-36;1-2/h27-29,43H,12-26H2,1-11H3,(H,38,41)(H,39,42);1-2H3. The van der Waals surface area contributed by atoms with Crippen molar-refractivity contribution in [3.63, 3.8) is 0 Å². The van der Waals surface area contributed by atoms with Crippen LogP contribution >= 0.6 is 12.6 Å². The zero-order valence-corrected chi connectivity index (χ0v) is 32.9. The van der Waals surface area contributed by atoms with E-state index in [2.05, 4.69) is 99.4 Å². The number of thiol groups is 1. The van der Waals surface area contributed by atoms with E-state index in [0.29, 0.717) is 37.4 Å². The molecule has 3 aliphatic rings. The quantitative estimate of drug-likeness (QED) is 0.218. The first-order valence-electron chi connectivity index (χ1n) is 18.6. The lowest BCUT2D eigenvalue weighted by Crippen LogP contribution is -2.56. The highest BCUT2D eigenvalue weighted by Crippen LogP contribution is 2.51. The fraction of sp³-hybridized carbons (Fsp3) is 0.949. The summed E-state index contributed by atoms with van der Waals surface area (Å²) in [5, 5.41) is 6.59. The predicted octanol–water partition coefficient (Wildman–Crippen LogP) is 11.0. The van der Waals surface area contributed by atoms with E-state index in [1.807, 2.05) is 13.8 Å². The summed E-state index contributed by atoms with van der Waals surface area (Å²) >= 11 is 4.68. The number of amides is 4. The van der Waals surface area contributed by atoms with Gasteiger partial charge in [-0.1, -0.05) is 103 Å². The lowest BCUT2D eigenvalue weighted by molar-refractivity contribution is 0.0384. The molecule has 0 saturated heterocycles. The van der Waals surface area contributed by atoms with E-state index < -0.39 is 0 Å². The maximum atomic E-state index is 14.1. The molecule has 0 aliphatic heterocycles. The number of nitrogens with zero attached hydrogens (tertiary/aromatic N) is 1. The van der Waals surface area contributed by atoms with Gasteiger partial charge in [0.1, 0.15) is 0 Å². The van der Waals surface area contributed by atoms with Crippen LogP contribution in [0.2, 0.25) is 0 Å². The van der Waals surface area contributed by atoms with Crippen LogP contribution < -0.4 is 10.6 Å². The maximum absolute atomic E-state index is 14.1. The Kier molecular flexibility index (Phi) is 13.9. The molecule has 2 N–H and O–H groups in total. The molecule has 3 fully saturated rings. The normalized spacial score (nSPS) is 35.4. The van der Waals surface area contributed by atoms with Gasteiger partial charge in [-0.2, -0.15) is 12.6 Å². The van der Waals surface area contributed by atoms with Gasteiger partial charge in [0.2, 0.25) is 0 Å². The van der Waals surface area contributed by atoms with Crippen molar-refractivity contribution in [3.8, 4) is 0 Å². The van der Waals surface area contributed by atoms with Crippen LogP contribution in [0.15, 0.2) is 0 Å². The van der Waals surface area contributed by atoms with Crippen LogP contribution in [0, 0.1) is 50.2 Å². The second-order valence-corrected chi connectivity index (χ2v) is 19.5. The molecule has 6 atom stereocenters. The van der Waals surface area contributed by atoms with Crippen LogP contribution in [-0.4, -0.2) is 42.3 Å². The van der Waals surface area contributed by atoms with E-state index in [0.717, 1.165) is 50.7 Å². The lowest BCUT2D eigenvalue weighted by Gasteiger charge is -2.49. The Morgan fingerprint density at radius 1 is 0.600 bits per heavy atom. The molecule has 5 nitrogen and oxygen atoms in total. The van der Waals surface area contributed by atoms with Gasteiger partial charge in [0, 0.05) is 19.6 Å². The van der Waals surface area contributed by atoms with E-state index in [4.69, 9.17) is 0 Å². The minimum atomic E-state index is -0.234. The summed E-state index contributed by atoms with van der Waals surface area (Å²) in [6, 6.07) is -0.467. The van der Waals surface area contributed by atoms with Gasteiger partial charge >= 0.3 is 12.1 Å². The highest BCUT2D eigenvalue weighted by Gasteiger charge is 2.46. The fourth-order valence-electron chi connectivity index (χ4n) is 11.0. The monoisotopic (exact) mass is 650 g/mol. The Morgan fingerprint density at radius 2 is 0.933 bits per heavy atom. The first kappa shape index (κ1) is 40.3. The minimum Gasteiger partial charge on any atom is -0.337 e. The smallest absolute Gasteiger partial charge is 0.325 e. The third-order valence-electron chi connectivity index (χ3n) is 11.4. The Bertz CT molecular complexity index is 923. The average molecular weight is 650 g/mol. The minimum absolute atomic E-state index is 0.0322. The Labute approximate surface area is 285 Å². The zero-order chi connectivity index (χ0) is 34.5. The van der Waals surface area contributed by atoms with E-state index >= 15 is 0 Å². The van der Waals surface area contributed by atoms with Crippen LogP contribution in [0.3, 0.4) is 0 Å². The van der Waals surface area contributed by atoms with Gasteiger partial charge in [-0.3, -0.25) is 0 Å². The highest BCUT2D eigenvalue weighted by atomic mass is 32.1. The molecule has 0 aromatic rings. The number of hydrogen-bond acceptors (Lipinski definition) is 3. The molecule has 0 spiro atoms. The zero-order valence-electron chi connectivity index (χ0n) is 32.0. The Morgan fingerprint density at radius 3 is 1.29 bits per heavy atom. The summed E-state index contributed by atoms with van der Waals surface area (Å²) in [5.74, 6) is 2.70. The molecule has 0 aromatic carbocycles. The molecular formula is C39H75N3O2S. The van der Waals surface area contributed by atoms with Gasteiger partial charge in [-0.05, 0) is 114 Å². The topological polar surface area (TPSA) is 61.4 Å². The molecule has 0 radical (unpaired) electrons. The lowest BCUT2D eigenvalue weighted by atomic mass is 9.60. The molecule has 264 valence electrons. The fourth-order valence-corrected chi connectivity index (χ4v) is 11.3. The second kappa shape index (κ2) is 15.5. The summed E-state index contributed by atoms with van der Waals surface area (Å²) in [5.41, 5.74) is 0.606. The largest absolute Gasteiger partial charge is 0.337 e. The highest BCUT2D eigenvalue weighted by molar-refractivity contribution is 7.80. The van der Waals surface area contributed by atoms with Crippen molar-refractivity contribution in [1.82, 2.24) is 15.5 Å². The molecule has 3 aliphatic carbocycles. The first-order chi connectivity index (χ1) is 20.6. The summed E-state index contributed by atoms with van der Waals surface area (Å²) < 4.78 is 0. The third kappa shape index (κ3) is 11.9. The van der Waals surface area contributed by atoms with Crippen LogP contribution in [0.5, 0.6) is 0 Å². The van der Waals surface area contributed by atoms with Crippen molar-refractivity contribution in [3.05, 3.63) is 0 Å². The van der Waals surface area contributed by atoms with Gasteiger partial charge in [0.15, 0.2) is 0 Å². The maximum Gasteiger partial charge on any atom is 0.325 e. The molecular weight excluding hydrogens is 575 g/mol. The molecule has 6 heteroatoms. The molecule has 3 rings (SSSR count). The van der Waals surface area contributed by atoms with Crippen molar-refractivity contribution < 1.29 is 9.59 Å². The van der Waals surface area contributed by atoms with Gasteiger partial charge in [0.25, 0.3) is 0 Å². The van der Waals surface area contributed by atoms with Crippen LogP contribution in [-0.2, 0) is 0 Å². The summed E-state index contributed by atoms with van der Waals surface area (Å²) in [7, 11) is 0. The summed E-state index contributed by atoms with van der Waals surface area (Å²) in [6.07, 6.45) is 12.4. The summed E-state index contributed by atoms with van der Waals surface area (Å²) in [4.78, 5) is 29.7. The number of hydrogen-bond donors (Lipinski definition) is 3. The van der Waals surface area contributed by atoms with Gasteiger partial charge in [-0.15, -0.1) is 0 Å². The summed E-state index contributed by atoms with van der Waals surface area (Å²) in [6.45, 7) is 31.3. The first-order valence-corrected chi connectivity index (χ1v) is 19.2. The molecule has 4 amide bonds. The molecule has 0 bridgehead atoms. The Balaban J connectivity index is 0.00000345. The third-order valence-corrected chi connectivity index (χ3v) is 11.9. The molecule has 0 heterocycles. The number of imide groups is 1. The van der Waals surface area contributed by atoms with Crippen molar-refractivity contribution >= 4 is 24.7 Å². The van der Waals surface area contributed by atoms with Crippen molar-refractivity contribution in [2.24, 2.45) is 50.2 Å². The van der Waals surface area contributed by atoms with Crippen molar-refractivity contribution in [2.75, 3.05) is 25.4 Å². The van der Waals surface area contributed by atoms with Crippen LogP contribution in [0.25, 0.3) is 0 Å². The average Bonchev–Trinajstić information content (AvgIpc) is 2.91. The van der Waals surface area contributed by atoms with Gasteiger partial charge < -0.3 is 10.6 Å². The Hall–Kier alpha value is -0.910. The number of urea groups is 2. The van der Waals surface area contributed by atoms with Crippen molar-refractivity contribution in [1.29, 1.82) is 0 Å². The molecule has 45 heavy (non-hydrogen) atoms. The molecule has 6 unspecified atom stereocenters. The predicted molar refractivity (Wildman–Crippen MR) is 197 cm³/mol. The van der Waals surface area contributed by atoms with E-state index in [-0.39, 0.29) is 44.6 Å². The molecule has 3 saturated carbocycles. The molecule has 0 aromatic heterocycles. The van der Waals surface area contributed by atoms with Crippen molar-refractivity contribution in [2.45, 2.75) is 161 Å². The van der Waals surface area contributed by atoms with Crippen LogP contribution in [0.4, 0.5) is 9.59 Å². The number of carbonyl (C=O) groups excluding carboxylic acids is 2. The van der Waals surface area contributed by atoms with E-state index in [9.17, 15) is 9.59 Å². The van der Waals surface area contributed by atoms with Crippen LogP contribution in [0.1, 0.15) is 161 Å². The number of carbonyl (C=O) groups is 2. The SMILES string of the molecule is CC.CCC1CC(C)(C)CC(C)(CNC(=O)N(CC2(C)CC(CS)CC(C)(C)C2)C(=O)NCC2(C)CC(CC)CC(C)(C)C2)C1. The van der Waals surface area contributed by atoms with E-state index in [1.54, 1.807) is 4.90 Å². The van der Waals surface area contributed by atoms with E-state index in [1.165, 1.54) is 25.7 Å². The number of rotatable bonds is 9. The number of nitrogens with one attached hydrogen (secondary N) is 2.